The number of hydroxylamine groups is 2. The van der Waals surface area contributed by atoms with Crippen molar-refractivity contribution in [3.8, 4) is 0 Å². The summed E-state index contributed by atoms with van der Waals surface area (Å²) in [6.07, 6.45) is 3.27. The molecule has 1 heterocycles. The number of amides is 1. The molecule has 0 aliphatic heterocycles. The van der Waals surface area contributed by atoms with Crippen LogP contribution in [0.4, 0.5) is 0 Å². The Balaban J connectivity index is 3.08. The van der Waals surface area contributed by atoms with Crippen LogP contribution in [0.25, 0.3) is 0 Å². The monoisotopic (exact) mass is 208 g/mol. The number of rotatable bonds is 3. The largest absolute Gasteiger partial charge is 0.278 e. The molecule has 1 rings (SSSR count). The Kier molecular flexibility index (Phi) is 3.80. The summed E-state index contributed by atoms with van der Waals surface area (Å²) in [4.78, 5) is 20.7. The molecule has 0 aliphatic carbocycles. The number of hydrogen-bond donors (Lipinski definition) is 0. The van der Waals surface area contributed by atoms with Crippen LogP contribution in [0.5, 0.6) is 0 Å². The highest BCUT2D eigenvalue weighted by atomic mass is 16.7. The van der Waals surface area contributed by atoms with E-state index in [1.165, 1.54) is 12.2 Å². The van der Waals surface area contributed by atoms with E-state index in [0.29, 0.717) is 5.56 Å². The summed E-state index contributed by atoms with van der Waals surface area (Å²) in [5.74, 6) is 0.117. The van der Waals surface area contributed by atoms with E-state index < -0.39 is 0 Å². The maximum absolute atomic E-state index is 11.9. The van der Waals surface area contributed by atoms with E-state index in [4.69, 9.17) is 4.84 Å². The van der Waals surface area contributed by atoms with Gasteiger partial charge in [0.1, 0.15) is 0 Å². The topological polar surface area (TPSA) is 42.4 Å². The molecular weight excluding hydrogens is 192 g/mol. The zero-order chi connectivity index (χ0) is 11.4. The Morgan fingerprint density at radius 2 is 2.20 bits per heavy atom. The van der Waals surface area contributed by atoms with E-state index in [9.17, 15) is 4.79 Å². The molecule has 15 heavy (non-hydrogen) atoms. The molecule has 4 heteroatoms. The smallest absolute Gasteiger partial charge is 0.274 e. The zero-order valence-electron chi connectivity index (χ0n) is 9.52. The van der Waals surface area contributed by atoms with Crippen molar-refractivity contribution in [3.63, 3.8) is 0 Å². The molecule has 1 aromatic rings. The van der Waals surface area contributed by atoms with Gasteiger partial charge >= 0.3 is 0 Å². The summed E-state index contributed by atoms with van der Waals surface area (Å²) in [6.45, 7) is 4.08. The number of carbonyl (C=O) groups is 1. The van der Waals surface area contributed by atoms with Gasteiger partial charge in [0.25, 0.3) is 5.91 Å². The van der Waals surface area contributed by atoms with Gasteiger partial charge in [-0.3, -0.25) is 14.6 Å². The van der Waals surface area contributed by atoms with Crippen LogP contribution in [0.15, 0.2) is 18.5 Å². The Morgan fingerprint density at radius 3 is 2.73 bits per heavy atom. The van der Waals surface area contributed by atoms with E-state index in [0.717, 1.165) is 5.56 Å². The van der Waals surface area contributed by atoms with Crippen LogP contribution >= 0.6 is 0 Å². The highest BCUT2D eigenvalue weighted by Gasteiger charge is 2.17. The Labute approximate surface area is 89.8 Å². The van der Waals surface area contributed by atoms with Gasteiger partial charge < -0.3 is 0 Å². The van der Waals surface area contributed by atoms with Gasteiger partial charge in [-0.2, -0.15) is 0 Å². The van der Waals surface area contributed by atoms with E-state index in [1.807, 2.05) is 19.9 Å². The van der Waals surface area contributed by atoms with Crippen molar-refractivity contribution in [1.82, 2.24) is 10.0 Å². The number of nitrogens with zero attached hydrogens (tertiary/aromatic N) is 2. The van der Waals surface area contributed by atoms with Crippen molar-refractivity contribution in [2.45, 2.75) is 19.8 Å². The first-order chi connectivity index (χ1) is 7.07. The van der Waals surface area contributed by atoms with Crippen molar-refractivity contribution in [2.75, 3.05) is 14.2 Å². The molecule has 0 fully saturated rings. The van der Waals surface area contributed by atoms with Crippen molar-refractivity contribution >= 4 is 5.91 Å². The third-order valence-electron chi connectivity index (χ3n) is 2.27. The van der Waals surface area contributed by atoms with Gasteiger partial charge in [0.15, 0.2) is 0 Å². The van der Waals surface area contributed by atoms with Crippen LogP contribution in [0.3, 0.4) is 0 Å². The second-order valence-electron chi connectivity index (χ2n) is 3.60. The van der Waals surface area contributed by atoms with Gasteiger partial charge in [0.05, 0.1) is 12.7 Å². The van der Waals surface area contributed by atoms with Gasteiger partial charge in [-0.25, -0.2) is 5.06 Å². The Morgan fingerprint density at radius 1 is 1.53 bits per heavy atom. The lowest BCUT2D eigenvalue weighted by molar-refractivity contribution is -0.0758. The van der Waals surface area contributed by atoms with Gasteiger partial charge in [0.2, 0.25) is 0 Å². The molecule has 1 amide bonds. The quantitative estimate of drug-likeness (QED) is 0.712. The van der Waals surface area contributed by atoms with Crippen molar-refractivity contribution in [2.24, 2.45) is 0 Å². The maximum Gasteiger partial charge on any atom is 0.278 e. The van der Waals surface area contributed by atoms with Gasteiger partial charge in [-0.05, 0) is 17.5 Å². The zero-order valence-corrected chi connectivity index (χ0v) is 9.52. The van der Waals surface area contributed by atoms with Crippen molar-refractivity contribution in [1.29, 1.82) is 0 Å². The van der Waals surface area contributed by atoms with E-state index >= 15 is 0 Å². The predicted molar refractivity (Wildman–Crippen MR) is 57.4 cm³/mol. The second-order valence-corrected chi connectivity index (χ2v) is 3.60. The fourth-order valence-electron chi connectivity index (χ4n) is 1.34. The number of hydrogen-bond acceptors (Lipinski definition) is 3. The third kappa shape index (κ3) is 2.53. The predicted octanol–water partition coefficient (Wildman–Crippen LogP) is 1.84. The minimum absolute atomic E-state index is 0.172. The molecule has 1 aromatic heterocycles. The van der Waals surface area contributed by atoms with Crippen LogP contribution in [-0.4, -0.2) is 30.1 Å². The Bertz CT molecular complexity index is 350. The van der Waals surface area contributed by atoms with Crippen molar-refractivity contribution < 1.29 is 9.63 Å². The SMILES string of the molecule is CON(C)C(=O)c1cnccc1C(C)C. The van der Waals surface area contributed by atoms with Gasteiger partial charge in [-0.1, -0.05) is 13.8 Å². The fraction of sp³-hybridized carbons (Fsp3) is 0.455. The van der Waals surface area contributed by atoms with Gasteiger partial charge in [-0.15, -0.1) is 0 Å². The summed E-state index contributed by atoms with van der Waals surface area (Å²) in [5, 5.41) is 1.20. The summed E-state index contributed by atoms with van der Waals surface area (Å²) in [7, 11) is 3.04. The molecular formula is C11H16N2O2. The standard InChI is InChI=1S/C11H16N2O2/c1-8(2)9-5-6-12-7-10(9)11(14)13(3)15-4/h5-8H,1-4H3. The van der Waals surface area contributed by atoms with Crippen LogP contribution in [-0.2, 0) is 4.84 Å². The lowest BCUT2D eigenvalue weighted by Gasteiger charge is -2.17. The molecule has 0 aromatic carbocycles. The minimum Gasteiger partial charge on any atom is -0.274 e. The number of aromatic nitrogens is 1. The normalized spacial score (nSPS) is 10.5. The molecule has 82 valence electrons. The first kappa shape index (κ1) is 11.7. The highest BCUT2D eigenvalue weighted by Crippen LogP contribution is 2.19. The molecule has 0 radical (unpaired) electrons. The van der Waals surface area contributed by atoms with Crippen LogP contribution in [0.2, 0.25) is 0 Å². The molecule has 4 nitrogen and oxygen atoms in total. The van der Waals surface area contributed by atoms with Crippen LogP contribution < -0.4 is 0 Å². The molecule has 0 saturated carbocycles. The summed E-state index contributed by atoms with van der Waals surface area (Å²) < 4.78 is 0. The van der Waals surface area contributed by atoms with E-state index in [-0.39, 0.29) is 11.8 Å². The highest BCUT2D eigenvalue weighted by molar-refractivity contribution is 5.94. The molecule has 0 saturated heterocycles. The third-order valence-corrected chi connectivity index (χ3v) is 2.27. The second kappa shape index (κ2) is 4.89. The molecule has 0 N–H and O–H groups in total. The molecule has 0 atom stereocenters. The number of carbonyl (C=O) groups excluding carboxylic acids is 1. The Hall–Kier alpha value is -1.42. The first-order valence-corrected chi connectivity index (χ1v) is 4.84. The lowest BCUT2D eigenvalue weighted by Crippen LogP contribution is -2.26. The van der Waals surface area contributed by atoms with Crippen LogP contribution in [0, 0.1) is 0 Å². The average molecular weight is 208 g/mol. The van der Waals surface area contributed by atoms with Crippen molar-refractivity contribution in [3.05, 3.63) is 29.6 Å². The molecule has 0 aliphatic rings. The minimum atomic E-state index is -0.172. The molecule has 0 spiro atoms. The fourth-order valence-corrected chi connectivity index (χ4v) is 1.34. The van der Waals surface area contributed by atoms with Gasteiger partial charge in [0, 0.05) is 19.4 Å². The van der Waals surface area contributed by atoms with E-state index in [2.05, 4.69) is 4.98 Å². The first-order valence-electron chi connectivity index (χ1n) is 4.84. The van der Waals surface area contributed by atoms with E-state index in [1.54, 1.807) is 19.4 Å². The van der Waals surface area contributed by atoms with Crippen LogP contribution in [0.1, 0.15) is 35.7 Å². The lowest BCUT2D eigenvalue weighted by atomic mass is 9.99. The summed E-state index contributed by atoms with van der Waals surface area (Å²) >= 11 is 0. The summed E-state index contributed by atoms with van der Waals surface area (Å²) in [6, 6.07) is 1.86. The summed E-state index contributed by atoms with van der Waals surface area (Å²) in [5.41, 5.74) is 1.58. The molecule has 0 bridgehead atoms. The maximum atomic E-state index is 11.9. The number of pyridine rings is 1. The molecule has 0 unspecified atom stereocenters. The average Bonchev–Trinajstić information content (AvgIpc) is 2.27.